The molecule has 110 valence electrons. The summed E-state index contributed by atoms with van der Waals surface area (Å²) in [5.41, 5.74) is 6.97. The molecule has 21 heavy (non-hydrogen) atoms. The van der Waals surface area contributed by atoms with Gasteiger partial charge in [0, 0.05) is 18.2 Å². The van der Waals surface area contributed by atoms with E-state index in [0.29, 0.717) is 18.2 Å². The van der Waals surface area contributed by atoms with Crippen LogP contribution < -0.4 is 16.6 Å². The van der Waals surface area contributed by atoms with Gasteiger partial charge in [-0.2, -0.15) is 0 Å². The Morgan fingerprint density at radius 1 is 1.38 bits per heavy atom. The fourth-order valence-corrected chi connectivity index (χ4v) is 1.79. The number of nitrogens with zero attached hydrogens (tertiary/aromatic N) is 2. The lowest BCUT2D eigenvalue weighted by atomic mass is 10.1. The summed E-state index contributed by atoms with van der Waals surface area (Å²) in [5, 5.41) is 2.81. The molecular weight excluding hydrogens is 266 g/mol. The number of hydrogen-bond acceptors (Lipinski definition) is 3. The number of unbranched alkanes of at least 4 members (excludes halogenated alkanes) is 1. The number of hydrogen-bond donors (Lipinski definition) is 3. The Labute approximate surface area is 123 Å². The number of H-pyrrole nitrogens is 1. The molecule has 0 saturated heterocycles. The normalized spacial score (nSPS) is 11.4. The lowest BCUT2D eigenvalue weighted by Gasteiger charge is -2.06. The number of nitrogens with one attached hydrogen (secondary N) is 2. The monoisotopic (exact) mass is 285 g/mol. The molecule has 0 aliphatic rings. The number of nitrogens with two attached hydrogens (primary N) is 1. The van der Waals surface area contributed by atoms with E-state index in [2.05, 4.69) is 27.2 Å². The number of anilines is 1. The Kier molecular flexibility index (Phi) is 5.09. The van der Waals surface area contributed by atoms with E-state index in [4.69, 9.17) is 5.73 Å². The second kappa shape index (κ2) is 7.23. The van der Waals surface area contributed by atoms with Crippen molar-refractivity contribution in [3.8, 4) is 11.3 Å². The molecule has 2 aromatic rings. The van der Waals surface area contributed by atoms with Crippen molar-refractivity contribution < 1.29 is 0 Å². The van der Waals surface area contributed by atoms with Gasteiger partial charge in [0.2, 0.25) is 5.95 Å². The number of aromatic nitrogens is 2. The van der Waals surface area contributed by atoms with Gasteiger partial charge in [-0.25, -0.2) is 4.98 Å². The molecule has 0 amide bonds. The Morgan fingerprint density at radius 3 is 2.86 bits per heavy atom. The van der Waals surface area contributed by atoms with E-state index in [-0.39, 0.29) is 11.5 Å². The van der Waals surface area contributed by atoms with E-state index in [1.54, 1.807) is 0 Å². The van der Waals surface area contributed by atoms with Crippen LogP contribution in [-0.4, -0.2) is 22.5 Å². The van der Waals surface area contributed by atoms with Crippen molar-refractivity contribution in [1.82, 2.24) is 9.97 Å². The molecule has 1 aromatic heterocycles. The minimum absolute atomic E-state index is 0.243. The second-order valence-corrected chi connectivity index (χ2v) is 4.59. The lowest BCUT2D eigenvalue weighted by molar-refractivity contribution is 0.807. The van der Waals surface area contributed by atoms with Gasteiger partial charge in [0.25, 0.3) is 5.56 Å². The fraction of sp³-hybridized carbons (Fsp3) is 0.267. The van der Waals surface area contributed by atoms with Crippen LogP contribution in [0.3, 0.4) is 0 Å². The predicted molar refractivity (Wildman–Crippen MR) is 85.3 cm³/mol. The Bertz CT molecular complexity index is 663. The number of guanidine groups is 1. The van der Waals surface area contributed by atoms with Crippen molar-refractivity contribution in [3.63, 3.8) is 0 Å². The van der Waals surface area contributed by atoms with Crippen molar-refractivity contribution in [1.29, 1.82) is 0 Å². The van der Waals surface area contributed by atoms with Crippen LogP contribution >= 0.6 is 0 Å². The third kappa shape index (κ3) is 4.45. The zero-order valence-corrected chi connectivity index (χ0v) is 12.0. The molecule has 0 radical (unpaired) electrons. The fourth-order valence-electron chi connectivity index (χ4n) is 1.79. The number of aliphatic imine (C=N–C) groups is 1. The topological polar surface area (TPSA) is 96.2 Å². The molecule has 0 aliphatic heterocycles. The first-order chi connectivity index (χ1) is 10.2. The van der Waals surface area contributed by atoms with Crippen LogP contribution in [0.5, 0.6) is 0 Å². The predicted octanol–water partition coefficient (Wildman–Crippen LogP) is 1.96. The maximum atomic E-state index is 11.7. The van der Waals surface area contributed by atoms with E-state index in [1.165, 1.54) is 6.07 Å². The zero-order chi connectivity index (χ0) is 15.1. The highest BCUT2D eigenvalue weighted by Gasteiger charge is 2.04. The van der Waals surface area contributed by atoms with Crippen LogP contribution in [-0.2, 0) is 0 Å². The van der Waals surface area contributed by atoms with Gasteiger partial charge in [-0.1, -0.05) is 43.7 Å². The summed E-state index contributed by atoms with van der Waals surface area (Å²) in [5.74, 6) is 0.538. The molecule has 2 rings (SSSR count). The molecule has 0 saturated carbocycles. The third-order valence-electron chi connectivity index (χ3n) is 2.85. The zero-order valence-electron chi connectivity index (χ0n) is 12.0. The molecular formula is C15H19N5O. The highest BCUT2D eigenvalue weighted by Crippen LogP contribution is 2.15. The van der Waals surface area contributed by atoms with Gasteiger partial charge in [-0.15, -0.1) is 0 Å². The van der Waals surface area contributed by atoms with Crippen LogP contribution in [0.2, 0.25) is 0 Å². The van der Waals surface area contributed by atoms with E-state index in [0.717, 1.165) is 18.4 Å². The van der Waals surface area contributed by atoms with Gasteiger partial charge in [-0.05, 0) is 6.42 Å². The summed E-state index contributed by atoms with van der Waals surface area (Å²) < 4.78 is 0. The van der Waals surface area contributed by atoms with Gasteiger partial charge in [-0.3, -0.25) is 20.1 Å². The summed E-state index contributed by atoms with van der Waals surface area (Å²) in [6.07, 6.45) is 2.02. The van der Waals surface area contributed by atoms with Crippen molar-refractivity contribution in [2.75, 3.05) is 11.9 Å². The third-order valence-corrected chi connectivity index (χ3v) is 2.85. The molecule has 4 N–H and O–H groups in total. The van der Waals surface area contributed by atoms with Crippen LogP contribution in [0.25, 0.3) is 11.3 Å². The molecule has 6 nitrogen and oxygen atoms in total. The first-order valence-corrected chi connectivity index (χ1v) is 6.92. The maximum Gasteiger partial charge on any atom is 0.252 e. The minimum Gasteiger partial charge on any atom is -0.370 e. The average Bonchev–Trinajstić information content (AvgIpc) is 2.48. The molecule has 1 aromatic carbocycles. The number of aromatic amines is 1. The molecule has 0 atom stereocenters. The second-order valence-electron chi connectivity index (χ2n) is 4.59. The summed E-state index contributed by atoms with van der Waals surface area (Å²) in [7, 11) is 0. The van der Waals surface area contributed by atoms with Crippen LogP contribution in [0.4, 0.5) is 5.95 Å². The molecule has 0 unspecified atom stereocenters. The van der Waals surface area contributed by atoms with Gasteiger partial charge in [0.15, 0.2) is 5.96 Å². The van der Waals surface area contributed by atoms with Crippen LogP contribution in [0, 0.1) is 0 Å². The molecule has 0 bridgehead atoms. The van der Waals surface area contributed by atoms with E-state index >= 15 is 0 Å². The van der Waals surface area contributed by atoms with E-state index in [9.17, 15) is 4.79 Å². The minimum atomic E-state index is -0.243. The molecule has 6 heteroatoms. The van der Waals surface area contributed by atoms with Crippen molar-refractivity contribution in [2.24, 2.45) is 10.7 Å². The number of benzene rings is 1. The van der Waals surface area contributed by atoms with Crippen molar-refractivity contribution in [2.45, 2.75) is 19.8 Å². The highest BCUT2D eigenvalue weighted by atomic mass is 16.1. The van der Waals surface area contributed by atoms with Crippen molar-refractivity contribution in [3.05, 3.63) is 46.8 Å². The van der Waals surface area contributed by atoms with Crippen LogP contribution in [0.15, 0.2) is 46.2 Å². The van der Waals surface area contributed by atoms with Gasteiger partial charge >= 0.3 is 0 Å². The summed E-state index contributed by atoms with van der Waals surface area (Å²) in [4.78, 5) is 22.8. The largest absolute Gasteiger partial charge is 0.370 e. The molecule has 0 aliphatic carbocycles. The quantitative estimate of drug-likeness (QED) is 0.444. The standard InChI is InChI=1S/C15H19N5O/c1-2-3-9-17-14(16)20-15-18-12(10-13(21)19-15)11-7-5-4-6-8-11/h4-8,10H,2-3,9H2,1H3,(H4,16,17,18,19,20,21). The molecule has 0 spiro atoms. The highest BCUT2D eigenvalue weighted by molar-refractivity contribution is 5.90. The maximum absolute atomic E-state index is 11.7. The SMILES string of the molecule is CCCCN=C(N)Nc1nc(-c2ccccc2)cc(=O)[nH]1. The summed E-state index contributed by atoms with van der Waals surface area (Å²) >= 11 is 0. The summed E-state index contributed by atoms with van der Waals surface area (Å²) in [6, 6.07) is 10.9. The smallest absolute Gasteiger partial charge is 0.252 e. The Balaban J connectivity index is 2.20. The van der Waals surface area contributed by atoms with Gasteiger partial charge in [0.05, 0.1) is 5.69 Å². The summed E-state index contributed by atoms with van der Waals surface area (Å²) in [6.45, 7) is 2.74. The molecule has 1 heterocycles. The van der Waals surface area contributed by atoms with E-state index < -0.39 is 0 Å². The first kappa shape index (κ1) is 14.8. The van der Waals surface area contributed by atoms with Gasteiger partial charge in [0.1, 0.15) is 0 Å². The van der Waals surface area contributed by atoms with Gasteiger partial charge < -0.3 is 5.73 Å². The van der Waals surface area contributed by atoms with Crippen molar-refractivity contribution >= 4 is 11.9 Å². The lowest BCUT2D eigenvalue weighted by Crippen LogP contribution is -2.25. The van der Waals surface area contributed by atoms with E-state index in [1.807, 2.05) is 30.3 Å². The first-order valence-electron chi connectivity index (χ1n) is 6.92. The number of rotatable bonds is 5. The average molecular weight is 285 g/mol. The Hall–Kier alpha value is -2.63. The Morgan fingerprint density at radius 2 is 2.14 bits per heavy atom. The van der Waals surface area contributed by atoms with Crippen LogP contribution in [0.1, 0.15) is 19.8 Å². The molecule has 0 fully saturated rings.